The second-order valence-corrected chi connectivity index (χ2v) is 5.33. The summed E-state index contributed by atoms with van der Waals surface area (Å²) in [6.07, 6.45) is 8.62. The minimum absolute atomic E-state index is 0.254. The molecule has 0 saturated heterocycles. The molecule has 1 fully saturated rings. The third-order valence-electron chi connectivity index (χ3n) is 4.63. The van der Waals surface area contributed by atoms with E-state index >= 15 is 0 Å². The van der Waals surface area contributed by atoms with Gasteiger partial charge in [0.1, 0.15) is 5.76 Å². The van der Waals surface area contributed by atoms with E-state index in [4.69, 9.17) is 4.74 Å². The van der Waals surface area contributed by atoms with Crippen molar-refractivity contribution in [1.29, 1.82) is 0 Å². The molecule has 15 heavy (non-hydrogen) atoms. The van der Waals surface area contributed by atoms with Crippen LogP contribution in [0.5, 0.6) is 0 Å². The van der Waals surface area contributed by atoms with Crippen LogP contribution in [0.4, 0.5) is 0 Å². The number of rotatable bonds is 1. The lowest BCUT2D eigenvalue weighted by Gasteiger charge is -2.33. The van der Waals surface area contributed by atoms with Crippen molar-refractivity contribution in [3.63, 3.8) is 0 Å². The van der Waals surface area contributed by atoms with E-state index in [1.54, 1.807) is 0 Å². The van der Waals surface area contributed by atoms with Gasteiger partial charge in [-0.2, -0.15) is 0 Å². The van der Waals surface area contributed by atoms with Crippen LogP contribution in [0.1, 0.15) is 44.9 Å². The van der Waals surface area contributed by atoms with Crippen molar-refractivity contribution >= 4 is 0 Å². The highest BCUT2D eigenvalue weighted by molar-refractivity contribution is 5.28. The lowest BCUT2D eigenvalue weighted by molar-refractivity contribution is 0.0675. The quantitative estimate of drug-likeness (QED) is 0.717. The molecule has 2 aliphatic carbocycles. The van der Waals surface area contributed by atoms with Crippen molar-refractivity contribution in [2.75, 3.05) is 13.2 Å². The van der Waals surface area contributed by atoms with Gasteiger partial charge in [-0.15, -0.1) is 0 Å². The molecule has 84 valence electrons. The number of ether oxygens (including phenoxy) is 1. The molecule has 1 N–H and O–H groups in total. The Kier molecular flexibility index (Phi) is 2.27. The molecule has 1 unspecified atom stereocenters. The molecule has 0 aromatic carbocycles. The summed E-state index contributed by atoms with van der Waals surface area (Å²) >= 11 is 0. The zero-order valence-electron chi connectivity index (χ0n) is 9.30. The topological polar surface area (TPSA) is 29.5 Å². The number of allylic oxidation sites excluding steroid dienone is 2. The first-order valence-corrected chi connectivity index (χ1v) is 6.33. The average Bonchev–Trinajstić information content (AvgIpc) is 2.87. The maximum Gasteiger partial charge on any atom is 0.102 e. The van der Waals surface area contributed by atoms with Crippen molar-refractivity contribution in [3.05, 3.63) is 11.3 Å². The van der Waals surface area contributed by atoms with Gasteiger partial charge >= 0.3 is 0 Å². The van der Waals surface area contributed by atoms with Crippen LogP contribution < -0.4 is 0 Å². The zero-order valence-corrected chi connectivity index (χ0v) is 9.30. The lowest BCUT2D eigenvalue weighted by atomic mass is 9.76. The molecule has 2 nitrogen and oxygen atoms in total. The van der Waals surface area contributed by atoms with Gasteiger partial charge in [0, 0.05) is 12.0 Å². The minimum Gasteiger partial charge on any atom is -0.497 e. The first-order valence-electron chi connectivity index (χ1n) is 6.33. The van der Waals surface area contributed by atoms with E-state index in [0.29, 0.717) is 12.5 Å². The van der Waals surface area contributed by atoms with E-state index in [0.717, 1.165) is 13.0 Å². The predicted octanol–water partition coefficient (Wildman–Crippen LogP) is 2.62. The van der Waals surface area contributed by atoms with Crippen LogP contribution in [-0.4, -0.2) is 18.3 Å². The van der Waals surface area contributed by atoms with E-state index in [9.17, 15) is 5.11 Å². The summed E-state index contributed by atoms with van der Waals surface area (Å²) in [5, 5.41) is 9.56. The van der Waals surface area contributed by atoms with Gasteiger partial charge in [0.2, 0.25) is 0 Å². The summed E-state index contributed by atoms with van der Waals surface area (Å²) in [6, 6.07) is 0. The van der Waals surface area contributed by atoms with Crippen molar-refractivity contribution in [3.8, 4) is 0 Å². The molecule has 2 heteroatoms. The van der Waals surface area contributed by atoms with Crippen molar-refractivity contribution in [2.24, 2.45) is 11.3 Å². The largest absolute Gasteiger partial charge is 0.497 e. The fourth-order valence-electron chi connectivity index (χ4n) is 3.92. The second kappa shape index (κ2) is 3.51. The van der Waals surface area contributed by atoms with Gasteiger partial charge in [-0.1, -0.05) is 12.8 Å². The third kappa shape index (κ3) is 1.27. The Labute approximate surface area is 91.3 Å². The molecular weight excluding hydrogens is 188 g/mol. The molecular formula is C13H20O2. The van der Waals surface area contributed by atoms with Gasteiger partial charge in [0.15, 0.2) is 0 Å². The van der Waals surface area contributed by atoms with Crippen molar-refractivity contribution in [2.45, 2.75) is 44.9 Å². The number of aliphatic hydroxyl groups excluding tert-OH is 1. The van der Waals surface area contributed by atoms with Gasteiger partial charge in [-0.25, -0.2) is 0 Å². The summed E-state index contributed by atoms with van der Waals surface area (Å²) < 4.78 is 5.94. The van der Waals surface area contributed by atoms with E-state index < -0.39 is 0 Å². The van der Waals surface area contributed by atoms with E-state index in [1.165, 1.54) is 49.9 Å². The van der Waals surface area contributed by atoms with E-state index in [-0.39, 0.29) is 5.41 Å². The molecule has 1 heterocycles. The van der Waals surface area contributed by atoms with Gasteiger partial charge in [0.25, 0.3) is 0 Å². The first-order chi connectivity index (χ1) is 7.37. The normalized spacial score (nSPS) is 33.3. The molecule has 1 saturated carbocycles. The predicted molar refractivity (Wildman–Crippen MR) is 58.3 cm³/mol. The Morgan fingerprint density at radius 2 is 2.07 bits per heavy atom. The SMILES string of the molecule is OCC1CC2=C(OCCC2)C12CCCC2. The van der Waals surface area contributed by atoms with Crippen LogP contribution in [0.25, 0.3) is 0 Å². The third-order valence-corrected chi connectivity index (χ3v) is 4.63. The summed E-state index contributed by atoms with van der Waals surface area (Å²) in [5.74, 6) is 1.77. The zero-order chi connectivity index (χ0) is 10.3. The van der Waals surface area contributed by atoms with E-state index in [2.05, 4.69) is 0 Å². The molecule has 0 bridgehead atoms. The summed E-state index contributed by atoms with van der Waals surface area (Å²) in [5.41, 5.74) is 1.78. The number of aliphatic hydroxyl groups is 1. The molecule has 3 rings (SSSR count). The summed E-state index contributed by atoms with van der Waals surface area (Å²) in [4.78, 5) is 0. The van der Waals surface area contributed by atoms with Crippen LogP contribution in [0, 0.1) is 11.3 Å². The minimum atomic E-state index is 0.254. The highest BCUT2D eigenvalue weighted by Gasteiger charge is 2.51. The van der Waals surface area contributed by atoms with Crippen molar-refractivity contribution < 1.29 is 9.84 Å². The smallest absolute Gasteiger partial charge is 0.102 e. The summed E-state index contributed by atoms with van der Waals surface area (Å²) in [7, 11) is 0. The summed E-state index contributed by atoms with van der Waals surface area (Å²) in [6.45, 7) is 1.25. The van der Waals surface area contributed by atoms with Gasteiger partial charge in [-0.05, 0) is 43.6 Å². The Morgan fingerprint density at radius 3 is 2.80 bits per heavy atom. The average molecular weight is 208 g/mol. The highest BCUT2D eigenvalue weighted by atomic mass is 16.5. The fraction of sp³-hybridized carbons (Fsp3) is 0.846. The van der Waals surface area contributed by atoms with Crippen LogP contribution in [0.15, 0.2) is 11.3 Å². The van der Waals surface area contributed by atoms with Crippen LogP contribution in [-0.2, 0) is 4.74 Å². The fourth-order valence-corrected chi connectivity index (χ4v) is 3.92. The molecule has 1 atom stereocenters. The first kappa shape index (κ1) is 9.71. The Balaban J connectivity index is 1.96. The molecule has 0 amide bonds. The van der Waals surface area contributed by atoms with Crippen molar-refractivity contribution in [1.82, 2.24) is 0 Å². The maximum absolute atomic E-state index is 9.56. The molecule has 1 aliphatic heterocycles. The van der Waals surface area contributed by atoms with Gasteiger partial charge in [-0.3, -0.25) is 0 Å². The monoisotopic (exact) mass is 208 g/mol. The van der Waals surface area contributed by atoms with Gasteiger partial charge < -0.3 is 9.84 Å². The van der Waals surface area contributed by atoms with E-state index in [1.807, 2.05) is 0 Å². The number of hydrogen-bond donors (Lipinski definition) is 1. The highest BCUT2D eigenvalue weighted by Crippen LogP contribution is 2.58. The molecule has 1 spiro atoms. The Morgan fingerprint density at radius 1 is 1.27 bits per heavy atom. The standard InChI is InChI=1S/C13H20O2/c14-9-11-8-10-4-3-7-15-12(10)13(11)5-1-2-6-13/h11,14H,1-9H2. The van der Waals surface area contributed by atoms with Crippen LogP contribution in [0.3, 0.4) is 0 Å². The number of hydrogen-bond acceptors (Lipinski definition) is 2. The Hall–Kier alpha value is -0.500. The molecule has 0 radical (unpaired) electrons. The van der Waals surface area contributed by atoms with Crippen LogP contribution >= 0.6 is 0 Å². The van der Waals surface area contributed by atoms with Crippen LogP contribution in [0.2, 0.25) is 0 Å². The maximum atomic E-state index is 9.56. The van der Waals surface area contributed by atoms with Gasteiger partial charge in [0.05, 0.1) is 6.61 Å². The molecule has 0 aromatic rings. The lowest BCUT2D eigenvalue weighted by Crippen LogP contribution is -2.29. The molecule has 3 aliphatic rings. The molecule has 0 aromatic heterocycles. The second-order valence-electron chi connectivity index (χ2n) is 5.33. The number of fused-ring (bicyclic) bond motifs is 1. The Bertz CT molecular complexity index is 287.